The lowest BCUT2D eigenvalue weighted by atomic mass is 10.1. The minimum atomic E-state index is 0. The molecular formula is C23H32IN7. The first-order valence-electron chi connectivity index (χ1n) is 10.4. The number of rotatable bonds is 9. The summed E-state index contributed by atoms with van der Waals surface area (Å²) >= 11 is 0. The van der Waals surface area contributed by atoms with Crippen molar-refractivity contribution in [3.63, 3.8) is 0 Å². The molecule has 0 amide bonds. The highest BCUT2D eigenvalue weighted by atomic mass is 127. The molecule has 2 heterocycles. The van der Waals surface area contributed by atoms with Crippen LogP contribution in [0, 0.1) is 0 Å². The largest absolute Gasteiger partial charge is 0.354 e. The fraction of sp³-hybridized carbons (Fsp3) is 0.348. The first-order chi connectivity index (χ1) is 14.7. The van der Waals surface area contributed by atoms with E-state index in [0.29, 0.717) is 6.54 Å². The third kappa shape index (κ3) is 7.03. The number of nitrogens with zero attached hydrogens (tertiary/aromatic N) is 5. The van der Waals surface area contributed by atoms with Gasteiger partial charge in [-0.3, -0.25) is 9.89 Å². The molecule has 166 valence electrons. The maximum Gasteiger partial charge on any atom is 0.191 e. The summed E-state index contributed by atoms with van der Waals surface area (Å²) in [7, 11) is 1.80. The van der Waals surface area contributed by atoms with Gasteiger partial charge in [0.05, 0.1) is 6.04 Å². The van der Waals surface area contributed by atoms with Crippen molar-refractivity contribution >= 4 is 29.9 Å². The second kappa shape index (κ2) is 13.1. The molecule has 0 aliphatic rings. The van der Waals surface area contributed by atoms with E-state index in [-0.39, 0.29) is 30.0 Å². The van der Waals surface area contributed by atoms with Gasteiger partial charge in [-0.15, -0.1) is 24.0 Å². The first kappa shape index (κ1) is 24.8. The van der Waals surface area contributed by atoms with Crippen LogP contribution in [0.4, 0.5) is 0 Å². The molecule has 3 aromatic rings. The summed E-state index contributed by atoms with van der Waals surface area (Å²) in [6, 6.07) is 16.8. The summed E-state index contributed by atoms with van der Waals surface area (Å²) in [6.07, 6.45) is 5.43. The number of likely N-dealkylation sites (N-methyl/N-ethyl adjacent to an activating group) is 1. The predicted molar refractivity (Wildman–Crippen MR) is 137 cm³/mol. The van der Waals surface area contributed by atoms with Crippen LogP contribution in [0.25, 0.3) is 5.82 Å². The van der Waals surface area contributed by atoms with Crippen LogP contribution in [0.15, 0.2) is 72.1 Å². The molecule has 8 heteroatoms. The summed E-state index contributed by atoms with van der Waals surface area (Å²) in [5, 5.41) is 11.1. The van der Waals surface area contributed by atoms with Crippen LogP contribution in [-0.4, -0.2) is 52.3 Å². The van der Waals surface area contributed by atoms with Crippen molar-refractivity contribution in [2.45, 2.75) is 26.4 Å². The molecule has 0 saturated carbocycles. The molecule has 2 N–H and O–H groups in total. The van der Waals surface area contributed by atoms with Gasteiger partial charge in [-0.05, 0) is 42.4 Å². The second-order valence-corrected chi connectivity index (χ2v) is 6.93. The van der Waals surface area contributed by atoms with Crippen molar-refractivity contribution < 1.29 is 0 Å². The number of hydrogen-bond donors (Lipinski definition) is 2. The number of halogens is 1. The third-order valence-corrected chi connectivity index (χ3v) is 5.13. The Balaban J connectivity index is 0.00000341. The quantitative estimate of drug-likeness (QED) is 0.250. The van der Waals surface area contributed by atoms with Crippen molar-refractivity contribution in [3.05, 3.63) is 78.2 Å². The summed E-state index contributed by atoms with van der Waals surface area (Å²) in [5.74, 6) is 1.58. The van der Waals surface area contributed by atoms with Gasteiger partial charge >= 0.3 is 0 Å². The predicted octanol–water partition coefficient (Wildman–Crippen LogP) is 3.63. The molecule has 3 rings (SSSR count). The SMILES string of the molecule is CCN(CC)C(CNC(=NC)NCc1ccnc(-n2cccn2)c1)c1ccccc1.I. The minimum Gasteiger partial charge on any atom is -0.354 e. The van der Waals surface area contributed by atoms with E-state index in [1.54, 1.807) is 24.1 Å². The molecule has 0 fully saturated rings. The van der Waals surface area contributed by atoms with Crippen LogP contribution in [0.3, 0.4) is 0 Å². The van der Waals surface area contributed by atoms with E-state index in [2.05, 4.69) is 74.8 Å². The van der Waals surface area contributed by atoms with Crippen LogP contribution in [0.2, 0.25) is 0 Å². The fourth-order valence-electron chi connectivity index (χ4n) is 3.50. The Hall–Kier alpha value is -2.46. The van der Waals surface area contributed by atoms with Gasteiger partial charge in [0.15, 0.2) is 11.8 Å². The Morgan fingerprint density at radius 2 is 1.84 bits per heavy atom. The maximum absolute atomic E-state index is 4.39. The zero-order valence-corrected chi connectivity index (χ0v) is 20.7. The molecule has 0 bridgehead atoms. The average Bonchev–Trinajstić information content (AvgIpc) is 3.34. The Labute approximate surface area is 202 Å². The normalized spacial score (nSPS) is 12.3. The molecule has 0 aliphatic heterocycles. The van der Waals surface area contributed by atoms with Crippen LogP contribution < -0.4 is 10.6 Å². The number of nitrogens with one attached hydrogen (secondary N) is 2. The van der Waals surface area contributed by atoms with Gasteiger partial charge in [0, 0.05) is 38.7 Å². The lowest BCUT2D eigenvalue weighted by Gasteiger charge is -2.30. The number of aromatic nitrogens is 3. The Kier molecular flexibility index (Phi) is 10.5. The van der Waals surface area contributed by atoms with Gasteiger partial charge in [0.1, 0.15) is 0 Å². The fourth-order valence-corrected chi connectivity index (χ4v) is 3.50. The Morgan fingerprint density at radius 3 is 2.48 bits per heavy atom. The molecule has 2 aromatic heterocycles. The summed E-state index contributed by atoms with van der Waals surface area (Å²) < 4.78 is 1.76. The van der Waals surface area contributed by atoms with E-state index in [1.807, 2.05) is 24.4 Å². The van der Waals surface area contributed by atoms with Gasteiger partial charge in [-0.25, -0.2) is 9.67 Å². The van der Waals surface area contributed by atoms with Crippen molar-refractivity contribution in [1.29, 1.82) is 0 Å². The third-order valence-electron chi connectivity index (χ3n) is 5.13. The molecule has 0 saturated heterocycles. The standard InChI is InChI=1S/C23H31N7.HI/c1-4-29(5-2)21(20-10-7-6-8-11-20)18-27-23(24-3)26-17-19-12-14-25-22(16-19)30-15-9-13-28-30;/h6-16,21H,4-5,17-18H2,1-3H3,(H2,24,26,27);1H. The van der Waals surface area contributed by atoms with Crippen molar-refractivity contribution in [1.82, 2.24) is 30.3 Å². The minimum absolute atomic E-state index is 0. The molecule has 7 nitrogen and oxygen atoms in total. The molecule has 0 radical (unpaired) electrons. The molecule has 1 unspecified atom stereocenters. The highest BCUT2D eigenvalue weighted by molar-refractivity contribution is 14.0. The summed E-state index contributed by atoms with van der Waals surface area (Å²) in [6.45, 7) is 7.83. The van der Waals surface area contributed by atoms with Crippen LogP contribution in [0.5, 0.6) is 0 Å². The smallest absolute Gasteiger partial charge is 0.191 e. The maximum atomic E-state index is 4.39. The number of pyridine rings is 1. The van der Waals surface area contributed by atoms with Gasteiger partial charge < -0.3 is 10.6 Å². The van der Waals surface area contributed by atoms with E-state index in [1.165, 1.54) is 5.56 Å². The number of aliphatic imine (C=N–C) groups is 1. The van der Waals surface area contributed by atoms with Gasteiger partial charge in [-0.1, -0.05) is 44.2 Å². The van der Waals surface area contributed by atoms with E-state index < -0.39 is 0 Å². The van der Waals surface area contributed by atoms with Crippen molar-refractivity contribution in [2.24, 2.45) is 4.99 Å². The molecule has 1 aromatic carbocycles. The van der Waals surface area contributed by atoms with E-state index >= 15 is 0 Å². The van der Waals surface area contributed by atoms with Gasteiger partial charge in [-0.2, -0.15) is 5.10 Å². The zero-order valence-electron chi connectivity index (χ0n) is 18.4. The van der Waals surface area contributed by atoms with Crippen molar-refractivity contribution in [3.8, 4) is 5.82 Å². The summed E-state index contributed by atoms with van der Waals surface area (Å²) in [4.78, 5) is 11.2. The summed E-state index contributed by atoms with van der Waals surface area (Å²) in [5.41, 5.74) is 2.42. The van der Waals surface area contributed by atoms with Gasteiger partial charge in [0.25, 0.3) is 0 Å². The number of hydrogen-bond acceptors (Lipinski definition) is 4. The molecule has 1 atom stereocenters. The first-order valence-corrected chi connectivity index (χ1v) is 10.4. The molecule has 31 heavy (non-hydrogen) atoms. The zero-order chi connectivity index (χ0) is 21.2. The highest BCUT2D eigenvalue weighted by Gasteiger charge is 2.18. The molecular weight excluding hydrogens is 501 g/mol. The number of guanidine groups is 1. The average molecular weight is 533 g/mol. The molecule has 0 spiro atoms. The van der Waals surface area contributed by atoms with E-state index in [0.717, 1.165) is 37.0 Å². The lowest BCUT2D eigenvalue weighted by molar-refractivity contribution is 0.219. The topological polar surface area (TPSA) is 70.4 Å². The number of benzene rings is 1. The molecule has 0 aliphatic carbocycles. The van der Waals surface area contributed by atoms with Crippen LogP contribution in [0.1, 0.15) is 31.0 Å². The second-order valence-electron chi connectivity index (χ2n) is 6.93. The Morgan fingerprint density at radius 1 is 1.06 bits per heavy atom. The van der Waals surface area contributed by atoms with Crippen molar-refractivity contribution in [2.75, 3.05) is 26.7 Å². The lowest BCUT2D eigenvalue weighted by Crippen LogP contribution is -2.43. The highest BCUT2D eigenvalue weighted by Crippen LogP contribution is 2.19. The van der Waals surface area contributed by atoms with E-state index in [4.69, 9.17) is 0 Å². The Bertz CT molecular complexity index is 909. The monoisotopic (exact) mass is 533 g/mol. The van der Waals surface area contributed by atoms with Crippen LogP contribution in [-0.2, 0) is 6.54 Å². The van der Waals surface area contributed by atoms with Gasteiger partial charge in [0.2, 0.25) is 0 Å². The van der Waals surface area contributed by atoms with E-state index in [9.17, 15) is 0 Å². The van der Waals surface area contributed by atoms with Crippen LogP contribution >= 0.6 is 24.0 Å².